The van der Waals surface area contributed by atoms with Crippen molar-refractivity contribution in [1.29, 1.82) is 0 Å². The van der Waals surface area contributed by atoms with Crippen LogP contribution in [-0.4, -0.2) is 21.2 Å². The molecule has 1 aliphatic rings. The number of aromatic nitrogens is 3. The second-order valence-corrected chi connectivity index (χ2v) is 6.23. The van der Waals surface area contributed by atoms with E-state index in [1.165, 1.54) is 23.5 Å². The maximum atomic E-state index is 13.0. The molecule has 24 heavy (non-hydrogen) atoms. The van der Waals surface area contributed by atoms with Gasteiger partial charge in [-0.1, -0.05) is 0 Å². The van der Waals surface area contributed by atoms with E-state index in [9.17, 15) is 8.78 Å². The minimum absolute atomic E-state index is 0.0153. The van der Waals surface area contributed by atoms with Crippen molar-refractivity contribution in [1.82, 2.24) is 15.0 Å². The highest BCUT2D eigenvalue weighted by Gasteiger charge is 2.43. The summed E-state index contributed by atoms with van der Waals surface area (Å²) in [6.45, 7) is 1.96. The number of hydrogen-bond acceptors (Lipinski definition) is 7. The van der Waals surface area contributed by atoms with Crippen molar-refractivity contribution in [2.24, 2.45) is 0 Å². The van der Waals surface area contributed by atoms with Gasteiger partial charge in [-0.3, -0.25) is 0 Å². The minimum atomic E-state index is -3.64. The third kappa shape index (κ3) is 2.85. The second kappa shape index (κ2) is 5.38. The van der Waals surface area contributed by atoms with E-state index in [-0.39, 0.29) is 11.5 Å². The van der Waals surface area contributed by atoms with Crippen LogP contribution in [0.4, 0.5) is 20.4 Å². The number of thiazole rings is 1. The molecule has 0 saturated carbocycles. The van der Waals surface area contributed by atoms with E-state index in [0.29, 0.717) is 17.3 Å². The lowest BCUT2D eigenvalue weighted by Crippen LogP contribution is -2.25. The average molecular weight is 348 g/mol. The van der Waals surface area contributed by atoms with Crippen LogP contribution < -0.4 is 14.8 Å². The fourth-order valence-electron chi connectivity index (χ4n) is 2.17. The van der Waals surface area contributed by atoms with E-state index in [1.807, 2.05) is 6.92 Å². The maximum absolute atomic E-state index is 13.0. The number of nitrogens with one attached hydrogen (secondary N) is 1. The highest BCUT2D eigenvalue weighted by molar-refractivity contribution is 7.14. The van der Waals surface area contributed by atoms with Crippen molar-refractivity contribution in [3.8, 4) is 22.2 Å². The summed E-state index contributed by atoms with van der Waals surface area (Å²) in [6.07, 6.45) is -0.268. The Labute approximate surface area is 139 Å². The Kier molecular flexibility index (Phi) is 3.31. The predicted octanol–water partition coefficient (Wildman–Crippen LogP) is 3.97. The average Bonchev–Trinajstić information content (AvgIpc) is 3.09. The Bertz CT molecular complexity index is 916. The molecule has 4 rings (SSSR count). The molecular weight excluding hydrogens is 338 g/mol. The number of halogens is 2. The molecule has 0 fully saturated rings. The van der Waals surface area contributed by atoms with Crippen LogP contribution in [-0.2, 0) is 0 Å². The van der Waals surface area contributed by atoms with Crippen LogP contribution in [0.3, 0.4) is 0 Å². The van der Waals surface area contributed by atoms with Crippen LogP contribution in [0.25, 0.3) is 10.7 Å². The molecule has 1 aliphatic heterocycles. The standard InChI is InChI=1S/C15H10F2N4O2S/c1-8-7-19-13(24-8)10-4-5-18-14(21-10)20-9-2-3-11-12(6-9)23-15(16,17)22-11/h2-7H,1H3,(H,18,20,21). The topological polar surface area (TPSA) is 69.2 Å². The molecular formula is C15H10F2N4O2S. The van der Waals surface area contributed by atoms with Gasteiger partial charge in [0.15, 0.2) is 11.5 Å². The lowest BCUT2D eigenvalue weighted by Gasteiger charge is -2.06. The number of benzene rings is 1. The molecule has 1 N–H and O–H groups in total. The number of hydrogen-bond donors (Lipinski definition) is 1. The van der Waals surface area contributed by atoms with Crippen molar-refractivity contribution >= 4 is 23.0 Å². The molecule has 0 bridgehead atoms. The molecule has 9 heteroatoms. The van der Waals surface area contributed by atoms with Gasteiger partial charge in [-0.2, -0.15) is 0 Å². The number of anilines is 2. The molecule has 0 aliphatic carbocycles. The Morgan fingerprint density at radius 3 is 2.75 bits per heavy atom. The molecule has 2 aromatic heterocycles. The zero-order chi connectivity index (χ0) is 16.7. The largest absolute Gasteiger partial charge is 0.586 e. The monoisotopic (exact) mass is 348 g/mol. The van der Waals surface area contributed by atoms with Gasteiger partial charge in [0.2, 0.25) is 5.95 Å². The first-order valence-electron chi connectivity index (χ1n) is 6.91. The van der Waals surface area contributed by atoms with Gasteiger partial charge in [-0.15, -0.1) is 20.1 Å². The van der Waals surface area contributed by atoms with Crippen molar-refractivity contribution < 1.29 is 18.3 Å². The van der Waals surface area contributed by atoms with Crippen molar-refractivity contribution in [3.05, 3.63) is 41.5 Å². The van der Waals surface area contributed by atoms with Crippen LogP contribution >= 0.6 is 11.3 Å². The molecule has 3 heterocycles. The van der Waals surface area contributed by atoms with Crippen molar-refractivity contribution in [3.63, 3.8) is 0 Å². The van der Waals surface area contributed by atoms with E-state index in [4.69, 9.17) is 0 Å². The van der Waals surface area contributed by atoms with Crippen molar-refractivity contribution in [2.45, 2.75) is 13.2 Å². The van der Waals surface area contributed by atoms with Crippen molar-refractivity contribution in [2.75, 3.05) is 5.32 Å². The van der Waals surface area contributed by atoms with Crippen LogP contribution in [0.2, 0.25) is 0 Å². The minimum Gasteiger partial charge on any atom is -0.395 e. The first-order valence-corrected chi connectivity index (χ1v) is 7.73. The van der Waals surface area contributed by atoms with Gasteiger partial charge in [-0.05, 0) is 25.1 Å². The summed E-state index contributed by atoms with van der Waals surface area (Å²) in [5.74, 6) is 0.265. The summed E-state index contributed by atoms with van der Waals surface area (Å²) >= 11 is 1.52. The van der Waals surface area contributed by atoms with Gasteiger partial charge in [0.25, 0.3) is 0 Å². The lowest BCUT2D eigenvalue weighted by molar-refractivity contribution is -0.286. The van der Waals surface area contributed by atoms with E-state index < -0.39 is 6.29 Å². The lowest BCUT2D eigenvalue weighted by atomic mass is 10.3. The third-order valence-corrected chi connectivity index (χ3v) is 4.09. The Hall–Kier alpha value is -2.81. The summed E-state index contributed by atoms with van der Waals surface area (Å²) in [4.78, 5) is 13.9. The van der Waals surface area contributed by atoms with Crippen LogP contribution in [0.5, 0.6) is 11.5 Å². The predicted molar refractivity (Wildman–Crippen MR) is 83.8 cm³/mol. The molecule has 3 aromatic rings. The summed E-state index contributed by atoms with van der Waals surface area (Å²) in [5, 5.41) is 3.73. The first-order chi connectivity index (χ1) is 11.5. The van der Waals surface area contributed by atoms with Gasteiger partial charge in [0.1, 0.15) is 10.7 Å². The zero-order valence-electron chi connectivity index (χ0n) is 12.3. The number of alkyl halides is 2. The summed E-state index contributed by atoms with van der Waals surface area (Å²) in [7, 11) is 0. The number of nitrogens with zero attached hydrogens (tertiary/aromatic N) is 3. The molecule has 6 nitrogen and oxygen atoms in total. The molecule has 122 valence electrons. The van der Waals surface area contributed by atoms with Crippen LogP contribution in [0, 0.1) is 6.92 Å². The number of aryl methyl sites for hydroxylation is 1. The Morgan fingerprint density at radius 2 is 1.96 bits per heavy atom. The highest BCUT2D eigenvalue weighted by atomic mass is 32.1. The Balaban J connectivity index is 1.58. The van der Waals surface area contributed by atoms with Crippen LogP contribution in [0.1, 0.15) is 4.88 Å². The second-order valence-electron chi connectivity index (χ2n) is 5.00. The fraction of sp³-hybridized carbons (Fsp3) is 0.133. The molecule has 1 aromatic carbocycles. The van der Waals surface area contributed by atoms with Gasteiger partial charge in [0.05, 0.1) is 0 Å². The molecule has 0 amide bonds. The summed E-state index contributed by atoms with van der Waals surface area (Å²) in [5.41, 5.74) is 1.18. The highest BCUT2D eigenvalue weighted by Crippen LogP contribution is 2.42. The van der Waals surface area contributed by atoms with Crippen LogP contribution in [0.15, 0.2) is 36.7 Å². The molecule has 0 spiro atoms. The van der Waals surface area contributed by atoms with Gasteiger partial charge in [0, 0.05) is 29.0 Å². The number of fused-ring (bicyclic) bond motifs is 1. The van der Waals surface area contributed by atoms with E-state index in [2.05, 4.69) is 29.7 Å². The number of rotatable bonds is 3. The Morgan fingerprint density at radius 1 is 1.12 bits per heavy atom. The SMILES string of the molecule is Cc1cnc(-c2ccnc(Nc3ccc4c(c3)OC(F)(F)O4)n2)s1. The molecule has 0 unspecified atom stereocenters. The normalized spacial score (nSPS) is 14.6. The summed E-state index contributed by atoms with van der Waals surface area (Å²) < 4.78 is 34.9. The fourth-order valence-corrected chi connectivity index (χ4v) is 2.90. The van der Waals surface area contributed by atoms with E-state index in [0.717, 1.165) is 9.88 Å². The van der Waals surface area contributed by atoms with E-state index in [1.54, 1.807) is 24.5 Å². The molecule has 0 radical (unpaired) electrons. The molecule has 0 atom stereocenters. The quantitative estimate of drug-likeness (QED) is 0.772. The van der Waals surface area contributed by atoms with Gasteiger partial charge >= 0.3 is 6.29 Å². The molecule has 0 saturated heterocycles. The van der Waals surface area contributed by atoms with E-state index >= 15 is 0 Å². The maximum Gasteiger partial charge on any atom is 0.586 e. The smallest absolute Gasteiger partial charge is 0.395 e. The van der Waals surface area contributed by atoms with Gasteiger partial charge in [-0.25, -0.2) is 15.0 Å². The first kappa shape index (κ1) is 14.8. The van der Waals surface area contributed by atoms with Gasteiger partial charge < -0.3 is 14.8 Å². The third-order valence-electron chi connectivity index (χ3n) is 3.15. The zero-order valence-corrected chi connectivity index (χ0v) is 13.1. The number of ether oxygens (including phenoxy) is 2. The summed E-state index contributed by atoms with van der Waals surface area (Å²) in [6, 6.07) is 6.13.